The second kappa shape index (κ2) is 8.07. The van der Waals surface area contributed by atoms with Crippen molar-refractivity contribution in [3.63, 3.8) is 0 Å². The van der Waals surface area contributed by atoms with E-state index in [0.717, 1.165) is 38.1 Å². The summed E-state index contributed by atoms with van der Waals surface area (Å²) in [6, 6.07) is 0. The molecular formula is C14H23N5O2S. The van der Waals surface area contributed by atoms with Crippen molar-refractivity contribution >= 4 is 24.0 Å². The van der Waals surface area contributed by atoms with Gasteiger partial charge in [0, 0.05) is 25.4 Å². The molecule has 0 aliphatic heterocycles. The number of aromatic nitrogens is 3. The normalized spacial score (nSPS) is 15.0. The second-order valence-corrected chi connectivity index (χ2v) is 5.88. The van der Waals surface area contributed by atoms with Gasteiger partial charge in [0.15, 0.2) is 4.77 Å². The molecule has 1 saturated carbocycles. The summed E-state index contributed by atoms with van der Waals surface area (Å²) in [5.74, 6) is 0.733. The van der Waals surface area contributed by atoms with E-state index in [9.17, 15) is 9.59 Å². The molecule has 1 aliphatic carbocycles. The lowest BCUT2D eigenvalue weighted by Gasteiger charge is -2.10. The molecule has 2 amide bonds. The maximum absolute atomic E-state index is 11.8. The molecule has 0 unspecified atom stereocenters. The summed E-state index contributed by atoms with van der Waals surface area (Å²) in [7, 11) is 0. The quantitative estimate of drug-likeness (QED) is 0.650. The fourth-order valence-corrected chi connectivity index (χ4v) is 3.02. The van der Waals surface area contributed by atoms with E-state index in [2.05, 4.69) is 20.8 Å². The van der Waals surface area contributed by atoms with Gasteiger partial charge in [-0.1, -0.05) is 12.8 Å². The highest BCUT2D eigenvalue weighted by Gasteiger charge is 2.22. The number of rotatable bonds is 7. The van der Waals surface area contributed by atoms with Gasteiger partial charge in [0.1, 0.15) is 5.82 Å². The Morgan fingerprint density at radius 3 is 2.77 bits per heavy atom. The molecule has 122 valence electrons. The predicted octanol–water partition coefficient (Wildman–Crippen LogP) is 0.926. The third-order valence-corrected chi connectivity index (χ3v) is 4.29. The summed E-state index contributed by atoms with van der Waals surface area (Å²) in [5.41, 5.74) is 0. The molecule has 1 heterocycles. The third kappa shape index (κ3) is 4.40. The SMILES string of the molecule is CCn1c(CCNC(=O)CNC(=O)C2CCCC2)n[nH]c1=S. The van der Waals surface area contributed by atoms with Gasteiger partial charge in [-0.25, -0.2) is 0 Å². The molecular weight excluding hydrogens is 302 g/mol. The molecule has 0 spiro atoms. The smallest absolute Gasteiger partial charge is 0.239 e. The molecule has 22 heavy (non-hydrogen) atoms. The number of nitrogens with zero attached hydrogens (tertiary/aromatic N) is 2. The Hall–Kier alpha value is -1.70. The first kappa shape index (κ1) is 16.7. The van der Waals surface area contributed by atoms with Gasteiger partial charge in [-0.2, -0.15) is 5.10 Å². The topological polar surface area (TPSA) is 91.8 Å². The van der Waals surface area contributed by atoms with E-state index in [-0.39, 0.29) is 24.3 Å². The van der Waals surface area contributed by atoms with Crippen LogP contribution in [0.5, 0.6) is 0 Å². The van der Waals surface area contributed by atoms with Crippen molar-refractivity contribution < 1.29 is 9.59 Å². The van der Waals surface area contributed by atoms with Gasteiger partial charge in [0.05, 0.1) is 6.54 Å². The van der Waals surface area contributed by atoms with Crippen LogP contribution in [0, 0.1) is 10.7 Å². The molecule has 1 fully saturated rings. The maximum atomic E-state index is 11.8. The molecule has 3 N–H and O–H groups in total. The Kier molecular flexibility index (Phi) is 6.11. The molecule has 0 aromatic carbocycles. The number of amides is 2. The number of H-pyrrole nitrogens is 1. The van der Waals surface area contributed by atoms with Crippen molar-refractivity contribution in [3.05, 3.63) is 10.6 Å². The lowest BCUT2D eigenvalue weighted by Crippen LogP contribution is -2.39. The van der Waals surface area contributed by atoms with E-state index < -0.39 is 0 Å². The number of nitrogens with one attached hydrogen (secondary N) is 3. The van der Waals surface area contributed by atoms with Crippen molar-refractivity contribution in [2.75, 3.05) is 13.1 Å². The summed E-state index contributed by atoms with van der Waals surface area (Å²) in [5, 5.41) is 12.4. The molecule has 0 saturated heterocycles. The molecule has 1 aromatic heterocycles. The van der Waals surface area contributed by atoms with Crippen LogP contribution in [0.2, 0.25) is 0 Å². The Balaban J connectivity index is 1.67. The summed E-state index contributed by atoms with van der Waals surface area (Å²) in [4.78, 5) is 23.5. The maximum Gasteiger partial charge on any atom is 0.239 e. The van der Waals surface area contributed by atoms with Crippen LogP contribution in [0.3, 0.4) is 0 Å². The number of hydrogen-bond acceptors (Lipinski definition) is 4. The van der Waals surface area contributed by atoms with E-state index >= 15 is 0 Å². The zero-order chi connectivity index (χ0) is 15.9. The first-order chi connectivity index (χ1) is 10.6. The van der Waals surface area contributed by atoms with Crippen LogP contribution in [0.1, 0.15) is 38.4 Å². The van der Waals surface area contributed by atoms with Crippen molar-refractivity contribution in [3.8, 4) is 0 Å². The van der Waals surface area contributed by atoms with Gasteiger partial charge < -0.3 is 15.2 Å². The Labute approximate surface area is 134 Å². The van der Waals surface area contributed by atoms with Crippen molar-refractivity contribution in [1.29, 1.82) is 0 Å². The lowest BCUT2D eigenvalue weighted by molar-refractivity contribution is -0.128. The minimum Gasteiger partial charge on any atom is -0.354 e. The standard InChI is InChI=1S/C14H23N5O2S/c1-2-19-11(17-18-14(19)22)7-8-15-12(20)9-16-13(21)10-5-3-4-6-10/h10H,2-9H2,1H3,(H,15,20)(H,16,21)(H,18,22). The second-order valence-electron chi connectivity index (χ2n) is 5.49. The summed E-state index contributed by atoms with van der Waals surface area (Å²) in [6.07, 6.45) is 4.69. The van der Waals surface area contributed by atoms with E-state index in [1.54, 1.807) is 0 Å². The molecule has 1 aromatic rings. The Morgan fingerprint density at radius 2 is 2.09 bits per heavy atom. The summed E-state index contributed by atoms with van der Waals surface area (Å²) >= 11 is 5.11. The van der Waals surface area contributed by atoms with Crippen LogP contribution in [-0.2, 0) is 22.6 Å². The van der Waals surface area contributed by atoms with Crippen molar-refractivity contribution in [2.24, 2.45) is 5.92 Å². The van der Waals surface area contributed by atoms with Crippen LogP contribution in [-0.4, -0.2) is 39.7 Å². The average molecular weight is 325 g/mol. The largest absolute Gasteiger partial charge is 0.354 e. The highest BCUT2D eigenvalue weighted by molar-refractivity contribution is 7.71. The van der Waals surface area contributed by atoms with Crippen LogP contribution < -0.4 is 10.6 Å². The van der Waals surface area contributed by atoms with Crippen LogP contribution in [0.25, 0.3) is 0 Å². The third-order valence-electron chi connectivity index (χ3n) is 3.97. The van der Waals surface area contributed by atoms with Gasteiger partial charge >= 0.3 is 0 Å². The number of carbonyl (C=O) groups is 2. The number of carbonyl (C=O) groups excluding carboxylic acids is 2. The highest BCUT2D eigenvalue weighted by Crippen LogP contribution is 2.24. The molecule has 0 atom stereocenters. The van der Waals surface area contributed by atoms with Gasteiger partial charge in [0.25, 0.3) is 0 Å². The lowest BCUT2D eigenvalue weighted by atomic mass is 10.1. The van der Waals surface area contributed by atoms with Crippen LogP contribution in [0.15, 0.2) is 0 Å². The first-order valence-electron chi connectivity index (χ1n) is 7.80. The van der Waals surface area contributed by atoms with E-state index in [4.69, 9.17) is 12.2 Å². The highest BCUT2D eigenvalue weighted by atomic mass is 32.1. The molecule has 8 heteroatoms. The first-order valence-corrected chi connectivity index (χ1v) is 8.21. The van der Waals surface area contributed by atoms with Crippen molar-refractivity contribution in [2.45, 2.75) is 45.6 Å². The molecule has 0 radical (unpaired) electrons. The molecule has 2 rings (SSSR count). The minimum atomic E-state index is -0.177. The fourth-order valence-electron chi connectivity index (χ4n) is 2.74. The Bertz CT molecular complexity index is 574. The molecule has 1 aliphatic rings. The number of hydrogen-bond donors (Lipinski definition) is 3. The fraction of sp³-hybridized carbons (Fsp3) is 0.714. The van der Waals surface area contributed by atoms with E-state index in [1.807, 2.05) is 11.5 Å². The molecule has 0 bridgehead atoms. The number of aromatic amines is 1. The predicted molar refractivity (Wildman–Crippen MR) is 84.8 cm³/mol. The van der Waals surface area contributed by atoms with Gasteiger partial charge in [-0.3, -0.25) is 14.7 Å². The average Bonchev–Trinajstić information content (AvgIpc) is 3.15. The zero-order valence-corrected chi connectivity index (χ0v) is 13.7. The summed E-state index contributed by atoms with van der Waals surface area (Å²) in [6.45, 7) is 3.25. The Morgan fingerprint density at radius 1 is 1.36 bits per heavy atom. The zero-order valence-electron chi connectivity index (χ0n) is 12.9. The van der Waals surface area contributed by atoms with Crippen molar-refractivity contribution in [1.82, 2.24) is 25.4 Å². The van der Waals surface area contributed by atoms with Gasteiger partial charge in [-0.15, -0.1) is 0 Å². The monoisotopic (exact) mass is 325 g/mol. The van der Waals surface area contributed by atoms with E-state index in [1.165, 1.54) is 0 Å². The van der Waals surface area contributed by atoms with Crippen LogP contribution in [0.4, 0.5) is 0 Å². The van der Waals surface area contributed by atoms with E-state index in [0.29, 0.717) is 17.7 Å². The summed E-state index contributed by atoms with van der Waals surface area (Å²) < 4.78 is 2.48. The van der Waals surface area contributed by atoms with Gasteiger partial charge in [-0.05, 0) is 32.0 Å². The molecule has 7 nitrogen and oxygen atoms in total. The minimum absolute atomic E-state index is 0.000440. The van der Waals surface area contributed by atoms with Crippen LogP contribution >= 0.6 is 12.2 Å². The van der Waals surface area contributed by atoms with Gasteiger partial charge in [0.2, 0.25) is 11.8 Å².